The fourth-order valence-electron chi connectivity index (χ4n) is 5.62. The Morgan fingerprint density at radius 1 is 0.875 bits per heavy atom. The molecule has 9 heteroatoms. The second-order valence-corrected chi connectivity index (χ2v) is 13.0. The van der Waals surface area contributed by atoms with Gasteiger partial charge in [-0.05, 0) is 74.7 Å². The molecular weight excluding hydrogens is 522 g/mol. The minimum absolute atomic E-state index is 0.132. The molecule has 1 amide bonds. The van der Waals surface area contributed by atoms with Crippen LogP contribution in [0.4, 0.5) is 5.82 Å². The number of piperazine rings is 1. The van der Waals surface area contributed by atoms with Gasteiger partial charge in [-0.15, -0.1) is 0 Å². The van der Waals surface area contributed by atoms with Crippen molar-refractivity contribution in [3.8, 4) is 0 Å². The number of aromatic nitrogens is 1. The summed E-state index contributed by atoms with van der Waals surface area (Å²) in [6, 6.07) is 21.0. The van der Waals surface area contributed by atoms with Gasteiger partial charge in [0.15, 0.2) is 0 Å². The molecular formula is C31H39N5O3S. The number of benzene rings is 2. The number of carbonyl (C=O) groups is 1. The van der Waals surface area contributed by atoms with E-state index < -0.39 is 10.0 Å². The van der Waals surface area contributed by atoms with E-state index in [9.17, 15) is 13.2 Å². The van der Waals surface area contributed by atoms with Gasteiger partial charge in [0.05, 0.1) is 4.90 Å². The zero-order valence-electron chi connectivity index (χ0n) is 23.4. The average Bonchev–Trinajstić information content (AvgIpc) is 2.98. The smallest absolute Gasteiger partial charge is 0.254 e. The molecule has 0 atom stereocenters. The molecule has 2 aromatic carbocycles. The summed E-state index contributed by atoms with van der Waals surface area (Å²) in [7, 11) is 0.408. The van der Waals surface area contributed by atoms with Crippen LogP contribution in [0.15, 0.2) is 77.8 Å². The van der Waals surface area contributed by atoms with Crippen LogP contribution in [0.2, 0.25) is 0 Å². The molecule has 2 saturated heterocycles. The first-order valence-electron chi connectivity index (χ1n) is 14.1. The van der Waals surface area contributed by atoms with E-state index in [4.69, 9.17) is 0 Å². The zero-order valence-corrected chi connectivity index (χ0v) is 24.3. The Bertz CT molecular complexity index is 1380. The zero-order chi connectivity index (χ0) is 28.1. The lowest BCUT2D eigenvalue weighted by Gasteiger charge is -2.35. The summed E-state index contributed by atoms with van der Waals surface area (Å²) in [6.45, 7) is 4.34. The molecule has 0 N–H and O–H groups in total. The topological polar surface area (TPSA) is 77.1 Å². The van der Waals surface area contributed by atoms with Crippen molar-refractivity contribution in [2.24, 2.45) is 5.92 Å². The van der Waals surface area contributed by atoms with Gasteiger partial charge in [-0.3, -0.25) is 4.79 Å². The van der Waals surface area contributed by atoms with Crippen LogP contribution in [0.5, 0.6) is 0 Å². The van der Waals surface area contributed by atoms with E-state index in [0.717, 1.165) is 37.2 Å². The van der Waals surface area contributed by atoms with Gasteiger partial charge < -0.3 is 14.7 Å². The van der Waals surface area contributed by atoms with E-state index in [2.05, 4.69) is 33.0 Å². The summed E-state index contributed by atoms with van der Waals surface area (Å²) in [5.41, 5.74) is 2.87. The molecule has 2 aliphatic heterocycles. The lowest BCUT2D eigenvalue weighted by atomic mass is 9.91. The average molecular weight is 562 g/mol. The van der Waals surface area contributed by atoms with E-state index in [1.165, 1.54) is 5.56 Å². The third kappa shape index (κ3) is 6.71. The first-order valence-corrected chi connectivity index (χ1v) is 15.5. The molecule has 3 heterocycles. The summed E-state index contributed by atoms with van der Waals surface area (Å²) >= 11 is 0. The van der Waals surface area contributed by atoms with Crippen molar-refractivity contribution < 1.29 is 13.2 Å². The number of anilines is 1. The van der Waals surface area contributed by atoms with Gasteiger partial charge in [-0.1, -0.05) is 42.5 Å². The van der Waals surface area contributed by atoms with Crippen molar-refractivity contribution in [3.05, 3.63) is 89.6 Å². The van der Waals surface area contributed by atoms with Crippen molar-refractivity contribution >= 4 is 21.7 Å². The van der Waals surface area contributed by atoms with E-state index in [0.29, 0.717) is 50.7 Å². The number of pyridine rings is 1. The number of carbonyl (C=O) groups excluding carboxylic acids is 1. The summed E-state index contributed by atoms with van der Waals surface area (Å²) in [5, 5.41) is 0. The highest BCUT2D eigenvalue weighted by molar-refractivity contribution is 7.89. The van der Waals surface area contributed by atoms with E-state index in [-0.39, 0.29) is 10.8 Å². The predicted octanol–water partition coefficient (Wildman–Crippen LogP) is 3.75. The highest BCUT2D eigenvalue weighted by Crippen LogP contribution is 2.27. The Hall–Kier alpha value is -3.27. The van der Waals surface area contributed by atoms with Crippen LogP contribution in [0.25, 0.3) is 0 Å². The molecule has 2 aliphatic rings. The van der Waals surface area contributed by atoms with Crippen molar-refractivity contribution in [1.82, 2.24) is 19.1 Å². The van der Waals surface area contributed by atoms with Crippen LogP contribution in [0.3, 0.4) is 0 Å². The van der Waals surface area contributed by atoms with Gasteiger partial charge >= 0.3 is 0 Å². The summed E-state index contributed by atoms with van der Waals surface area (Å²) in [5.74, 6) is 1.26. The molecule has 40 heavy (non-hydrogen) atoms. The van der Waals surface area contributed by atoms with Crippen LogP contribution < -0.4 is 4.90 Å². The molecule has 0 bridgehead atoms. The molecule has 1 aromatic heterocycles. The Labute approximate surface area is 238 Å². The fraction of sp³-hybridized carbons (Fsp3) is 0.419. The normalized spacial score (nSPS) is 17.4. The predicted molar refractivity (Wildman–Crippen MR) is 158 cm³/mol. The minimum atomic E-state index is -3.66. The fourth-order valence-corrected chi connectivity index (χ4v) is 7.14. The number of nitrogens with zero attached hydrogens (tertiary/aromatic N) is 5. The summed E-state index contributed by atoms with van der Waals surface area (Å²) in [4.78, 5) is 24.2. The quantitative estimate of drug-likeness (QED) is 0.417. The SMILES string of the molecule is CN(C)Cc1ccc(N2CCN(C(=O)c3cccc(S(=O)(=O)N4CCC(Cc5ccccc5)CC4)c3)CC2)nc1. The van der Waals surface area contributed by atoms with Gasteiger partial charge in [0.25, 0.3) is 5.91 Å². The van der Waals surface area contributed by atoms with Crippen molar-refractivity contribution in [2.45, 2.75) is 30.7 Å². The van der Waals surface area contributed by atoms with Crippen molar-refractivity contribution in [3.63, 3.8) is 0 Å². The molecule has 0 saturated carbocycles. The highest BCUT2D eigenvalue weighted by Gasteiger charge is 2.30. The molecule has 212 valence electrons. The molecule has 8 nitrogen and oxygen atoms in total. The van der Waals surface area contributed by atoms with E-state index in [1.54, 1.807) is 33.5 Å². The van der Waals surface area contributed by atoms with Gasteiger partial charge in [0, 0.05) is 57.6 Å². The Kier molecular flexibility index (Phi) is 8.83. The Balaban J connectivity index is 1.17. The van der Waals surface area contributed by atoms with Crippen LogP contribution in [-0.4, -0.2) is 86.8 Å². The molecule has 5 rings (SSSR count). The third-order valence-corrected chi connectivity index (χ3v) is 9.75. The maximum absolute atomic E-state index is 13.5. The van der Waals surface area contributed by atoms with Crippen molar-refractivity contribution in [2.75, 3.05) is 58.3 Å². The minimum Gasteiger partial charge on any atom is -0.353 e. The van der Waals surface area contributed by atoms with Gasteiger partial charge in [0.2, 0.25) is 10.0 Å². The number of sulfonamides is 1. The second-order valence-electron chi connectivity index (χ2n) is 11.1. The first kappa shape index (κ1) is 28.3. The maximum atomic E-state index is 13.5. The van der Waals surface area contributed by atoms with E-state index >= 15 is 0 Å². The number of hydrogen-bond acceptors (Lipinski definition) is 6. The third-order valence-electron chi connectivity index (χ3n) is 7.86. The van der Waals surface area contributed by atoms with Crippen LogP contribution >= 0.6 is 0 Å². The van der Waals surface area contributed by atoms with Crippen molar-refractivity contribution in [1.29, 1.82) is 0 Å². The van der Waals surface area contributed by atoms with Gasteiger partial charge in [0.1, 0.15) is 5.82 Å². The number of hydrogen-bond donors (Lipinski definition) is 0. The van der Waals surface area contributed by atoms with Crippen LogP contribution in [0.1, 0.15) is 34.3 Å². The largest absolute Gasteiger partial charge is 0.353 e. The molecule has 2 fully saturated rings. The molecule has 3 aromatic rings. The molecule has 0 unspecified atom stereocenters. The number of rotatable bonds is 8. The van der Waals surface area contributed by atoms with E-state index in [1.807, 2.05) is 44.6 Å². The van der Waals surface area contributed by atoms with Gasteiger partial charge in [-0.25, -0.2) is 13.4 Å². The lowest BCUT2D eigenvalue weighted by Crippen LogP contribution is -2.49. The standard InChI is InChI=1S/C31H39N5O3S/c1-33(2)24-27-11-12-30(32-23-27)34-17-19-35(20-18-34)31(37)28-9-6-10-29(22-28)40(38,39)36-15-13-26(14-16-36)21-25-7-4-3-5-8-25/h3-12,22-23,26H,13-21,24H2,1-2H3. The molecule has 0 radical (unpaired) electrons. The summed E-state index contributed by atoms with van der Waals surface area (Å²) < 4.78 is 28.5. The lowest BCUT2D eigenvalue weighted by molar-refractivity contribution is 0.0746. The Morgan fingerprint density at radius 3 is 2.25 bits per heavy atom. The van der Waals surface area contributed by atoms with Crippen LogP contribution in [0, 0.1) is 5.92 Å². The monoisotopic (exact) mass is 561 g/mol. The highest BCUT2D eigenvalue weighted by atomic mass is 32.2. The maximum Gasteiger partial charge on any atom is 0.254 e. The molecule has 0 aliphatic carbocycles. The summed E-state index contributed by atoms with van der Waals surface area (Å²) in [6.07, 6.45) is 4.56. The first-order chi connectivity index (χ1) is 19.3. The van der Waals surface area contributed by atoms with Gasteiger partial charge in [-0.2, -0.15) is 4.31 Å². The Morgan fingerprint density at radius 2 is 1.60 bits per heavy atom. The second kappa shape index (κ2) is 12.5. The van der Waals surface area contributed by atoms with Crippen LogP contribution in [-0.2, 0) is 23.0 Å². The number of piperidine rings is 1. The number of amides is 1. The molecule has 0 spiro atoms.